The summed E-state index contributed by atoms with van der Waals surface area (Å²) in [4.78, 5) is 9.44. The van der Waals surface area contributed by atoms with E-state index in [2.05, 4.69) is 0 Å². The SMILES string of the molecule is CC(C)=O.CC(O)CO.OCCO. The van der Waals surface area contributed by atoms with Gasteiger partial charge in [-0.3, -0.25) is 0 Å². The largest absolute Gasteiger partial charge is 0.394 e. The molecule has 0 amide bonds. The van der Waals surface area contributed by atoms with Gasteiger partial charge in [-0.1, -0.05) is 0 Å². The molecule has 5 heteroatoms. The Hall–Kier alpha value is -0.490. The quantitative estimate of drug-likeness (QED) is 0.450. The lowest BCUT2D eigenvalue weighted by atomic mass is 10.5. The van der Waals surface area contributed by atoms with Gasteiger partial charge in [0, 0.05) is 0 Å². The molecule has 0 aliphatic carbocycles. The third kappa shape index (κ3) is 165. The van der Waals surface area contributed by atoms with Gasteiger partial charge in [-0.05, 0) is 20.8 Å². The van der Waals surface area contributed by atoms with Crippen LogP contribution in [0.5, 0.6) is 0 Å². The molecule has 4 N–H and O–H groups in total. The summed E-state index contributed by atoms with van der Waals surface area (Å²) >= 11 is 0. The van der Waals surface area contributed by atoms with Crippen molar-refractivity contribution in [1.82, 2.24) is 0 Å². The molecule has 0 radical (unpaired) electrons. The summed E-state index contributed by atoms with van der Waals surface area (Å²) in [6.07, 6.45) is -0.560. The standard InChI is InChI=1S/C3H8O2.C3H6O.C2H6O2/c1-3(5)2-4;1-3(2)4;3-1-2-4/h3-5H,2H2,1H3;1-2H3;3-4H,1-2H2. The minimum Gasteiger partial charge on any atom is -0.394 e. The number of carbonyl (C=O) groups is 1. The van der Waals surface area contributed by atoms with Gasteiger partial charge in [0.1, 0.15) is 5.78 Å². The summed E-state index contributed by atoms with van der Waals surface area (Å²) in [5.74, 6) is 0.167. The Balaban J connectivity index is -0.000000117. The van der Waals surface area contributed by atoms with Crippen molar-refractivity contribution in [2.75, 3.05) is 19.8 Å². The van der Waals surface area contributed by atoms with Crippen molar-refractivity contribution in [3.05, 3.63) is 0 Å². The first-order valence-corrected chi connectivity index (χ1v) is 3.90. The molecule has 0 spiro atoms. The summed E-state index contributed by atoms with van der Waals surface area (Å²) in [6, 6.07) is 0. The predicted octanol–water partition coefficient (Wildman–Crippen LogP) is -1.07. The minimum absolute atomic E-state index is 0.125. The first-order chi connectivity index (χ1) is 5.92. The topological polar surface area (TPSA) is 98.0 Å². The lowest BCUT2D eigenvalue weighted by Crippen LogP contribution is -2.03. The van der Waals surface area contributed by atoms with Crippen LogP contribution in [0, 0.1) is 0 Å². The van der Waals surface area contributed by atoms with Gasteiger partial charge in [-0.25, -0.2) is 0 Å². The molecule has 0 saturated carbocycles. The van der Waals surface area contributed by atoms with Crippen LogP contribution in [-0.2, 0) is 4.79 Å². The van der Waals surface area contributed by atoms with Gasteiger partial charge in [-0.2, -0.15) is 0 Å². The van der Waals surface area contributed by atoms with Gasteiger partial charge >= 0.3 is 0 Å². The Morgan fingerprint density at radius 3 is 1.31 bits per heavy atom. The smallest absolute Gasteiger partial charge is 0.126 e. The first-order valence-electron chi connectivity index (χ1n) is 3.90. The number of rotatable bonds is 2. The third-order valence-electron chi connectivity index (χ3n) is 0.364. The van der Waals surface area contributed by atoms with E-state index in [4.69, 9.17) is 20.4 Å². The van der Waals surface area contributed by atoms with Crippen LogP contribution >= 0.6 is 0 Å². The molecule has 0 aromatic heterocycles. The van der Waals surface area contributed by atoms with Crippen LogP contribution in [0.4, 0.5) is 0 Å². The maximum absolute atomic E-state index is 9.44. The van der Waals surface area contributed by atoms with Crippen LogP contribution in [0.3, 0.4) is 0 Å². The molecule has 0 bridgehead atoms. The lowest BCUT2D eigenvalue weighted by molar-refractivity contribution is -0.114. The van der Waals surface area contributed by atoms with Crippen LogP contribution in [0.1, 0.15) is 20.8 Å². The molecule has 0 aromatic carbocycles. The van der Waals surface area contributed by atoms with Crippen molar-refractivity contribution in [1.29, 1.82) is 0 Å². The number of carbonyl (C=O) groups excluding carboxylic acids is 1. The fourth-order valence-corrected chi connectivity index (χ4v) is 0. The van der Waals surface area contributed by atoms with Gasteiger partial charge in [0.05, 0.1) is 25.9 Å². The second kappa shape index (κ2) is 17.6. The van der Waals surface area contributed by atoms with Crippen molar-refractivity contribution >= 4 is 5.78 Å². The number of ketones is 1. The monoisotopic (exact) mass is 196 g/mol. The minimum atomic E-state index is -0.560. The Labute approximate surface area is 78.6 Å². The van der Waals surface area contributed by atoms with Crippen molar-refractivity contribution in [3.63, 3.8) is 0 Å². The zero-order chi connectivity index (χ0) is 11.3. The normalized spacial score (nSPS) is 10.1. The van der Waals surface area contributed by atoms with E-state index >= 15 is 0 Å². The van der Waals surface area contributed by atoms with Gasteiger partial charge in [0.2, 0.25) is 0 Å². The summed E-state index contributed by atoms with van der Waals surface area (Å²) in [5.41, 5.74) is 0. The molecule has 0 rings (SSSR count). The molecule has 13 heavy (non-hydrogen) atoms. The van der Waals surface area contributed by atoms with E-state index in [1.54, 1.807) is 0 Å². The van der Waals surface area contributed by atoms with E-state index in [9.17, 15) is 4.79 Å². The van der Waals surface area contributed by atoms with Crippen LogP contribution in [0.15, 0.2) is 0 Å². The van der Waals surface area contributed by atoms with Gasteiger partial charge < -0.3 is 25.2 Å². The highest BCUT2D eigenvalue weighted by Gasteiger charge is 1.83. The van der Waals surface area contributed by atoms with E-state index in [0.717, 1.165) is 0 Å². The van der Waals surface area contributed by atoms with Crippen molar-refractivity contribution in [2.45, 2.75) is 26.9 Å². The molecule has 0 heterocycles. The third-order valence-corrected chi connectivity index (χ3v) is 0.364. The fraction of sp³-hybridized carbons (Fsp3) is 0.875. The molecule has 0 aliphatic heterocycles. The highest BCUT2D eigenvalue weighted by Crippen LogP contribution is 1.68. The van der Waals surface area contributed by atoms with Gasteiger partial charge in [0.25, 0.3) is 0 Å². The second-order valence-electron chi connectivity index (χ2n) is 2.39. The Morgan fingerprint density at radius 2 is 1.31 bits per heavy atom. The van der Waals surface area contributed by atoms with Crippen LogP contribution in [-0.4, -0.2) is 52.1 Å². The maximum Gasteiger partial charge on any atom is 0.126 e. The molecule has 1 atom stereocenters. The molecule has 0 aliphatic rings. The average molecular weight is 196 g/mol. The van der Waals surface area contributed by atoms with Gasteiger partial charge in [0.15, 0.2) is 0 Å². The summed E-state index contributed by atoms with van der Waals surface area (Å²) in [5, 5.41) is 31.3. The van der Waals surface area contributed by atoms with Crippen LogP contribution < -0.4 is 0 Å². The Bertz CT molecular complexity index is 86.5. The fourth-order valence-electron chi connectivity index (χ4n) is 0. The van der Waals surface area contributed by atoms with E-state index in [1.165, 1.54) is 20.8 Å². The molecule has 0 aromatic rings. The zero-order valence-corrected chi connectivity index (χ0v) is 8.40. The average Bonchev–Trinajstić information content (AvgIpc) is 2.04. The molecular formula is C8H20O5. The van der Waals surface area contributed by atoms with E-state index in [-0.39, 0.29) is 25.6 Å². The van der Waals surface area contributed by atoms with E-state index < -0.39 is 6.10 Å². The number of hydrogen-bond acceptors (Lipinski definition) is 5. The highest BCUT2D eigenvalue weighted by molar-refractivity contribution is 5.72. The highest BCUT2D eigenvalue weighted by atomic mass is 16.3. The number of hydrogen-bond donors (Lipinski definition) is 4. The lowest BCUT2D eigenvalue weighted by Gasteiger charge is -1.90. The maximum atomic E-state index is 9.44. The number of aliphatic hydroxyl groups excluding tert-OH is 4. The zero-order valence-electron chi connectivity index (χ0n) is 8.40. The number of Topliss-reactive ketones (excluding diaryl/α,β-unsaturated/α-hetero) is 1. The first kappa shape index (κ1) is 18.3. The van der Waals surface area contributed by atoms with Crippen molar-refractivity contribution in [3.8, 4) is 0 Å². The van der Waals surface area contributed by atoms with E-state index in [1.807, 2.05) is 0 Å². The van der Waals surface area contributed by atoms with Crippen molar-refractivity contribution < 1.29 is 25.2 Å². The summed E-state index contributed by atoms with van der Waals surface area (Å²) in [6.45, 7) is 4.19. The molecule has 82 valence electrons. The molecule has 0 saturated heterocycles. The molecular weight excluding hydrogens is 176 g/mol. The Kier molecular flexibility index (Phi) is 24.7. The second-order valence-corrected chi connectivity index (χ2v) is 2.39. The van der Waals surface area contributed by atoms with Crippen LogP contribution in [0.25, 0.3) is 0 Å². The van der Waals surface area contributed by atoms with Gasteiger partial charge in [-0.15, -0.1) is 0 Å². The number of aliphatic hydroxyl groups is 4. The molecule has 1 unspecified atom stereocenters. The molecule has 0 fully saturated rings. The summed E-state index contributed by atoms with van der Waals surface area (Å²) in [7, 11) is 0. The van der Waals surface area contributed by atoms with E-state index in [0.29, 0.717) is 0 Å². The van der Waals surface area contributed by atoms with Crippen LogP contribution in [0.2, 0.25) is 0 Å². The Morgan fingerprint density at radius 1 is 1.15 bits per heavy atom. The van der Waals surface area contributed by atoms with Crippen molar-refractivity contribution in [2.24, 2.45) is 0 Å². The summed E-state index contributed by atoms with van der Waals surface area (Å²) < 4.78 is 0. The molecule has 5 nitrogen and oxygen atoms in total. The predicted molar refractivity (Wildman–Crippen MR) is 49.3 cm³/mol.